The van der Waals surface area contributed by atoms with E-state index in [0.717, 1.165) is 0 Å². The lowest BCUT2D eigenvalue weighted by Gasteiger charge is -2.23. The number of rotatable bonds is 6. The van der Waals surface area contributed by atoms with Crippen LogP contribution in [-0.4, -0.2) is 41.0 Å². The Kier molecular flexibility index (Phi) is 6.26. The second-order valence-corrected chi connectivity index (χ2v) is 5.41. The maximum atomic E-state index is 11.9. The number of halogens is 2. The number of carboxylic acid groups (broad SMARTS) is 1. The Morgan fingerprint density at radius 3 is 2.50 bits per heavy atom. The molecule has 0 atom stereocenters. The summed E-state index contributed by atoms with van der Waals surface area (Å²) in [5.74, 6) is -1.32. The molecule has 0 saturated carbocycles. The molecule has 1 aromatic carbocycles. The minimum atomic E-state index is -0.979. The quantitative estimate of drug-likeness (QED) is 0.846. The molecule has 2 N–H and O–H groups in total. The van der Waals surface area contributed by atoms with Gasteiger partial charge in [0.1, 0.15) is 0 Å². The standard InChI is InChI=1S/C13H16Cl2N2O3/c1-8(2)17(7-13(19)20)6-12(18)16-11-5-9(14)3-4-10(11)15/h3-5,8H,6-7H2,1-2H3,(H,16,18)(H,19,20). The van der Waals surface area contributed by atoms with Crippen molar-refractivity contribution < 1.29 is 14.7 Å². The number of nitrogens with zero attached hydrogens (tertiary/aromatic N) is 1. The number of carbonyl (C=O) groups excluding carboxylic acids is 1. The molecule has 0 heterocycles. The zero-order chi connectivity index (χ0) is 15.3. The molecule has 20 heavy (non-hydrogen) atoms. The molecule has 0 aliphatic rings. The molecule has 0 fully saturated rings. The molecule has 0 spiro atoms. The second-order valence-electron chi connectivity index (χ2n) is 4.56. The van der Waals surface area contributed by atoms with Crippen molar-refractivity contribution in [3.63, 3.8) is 0 Å². The zero-order valence-corrected chi connectivity index (χ0v) is 12.7. The first-order chi connectivity index (χ1) is 9.29. The predicted molar refractivity (Wildman–Crippen MR) is 79.4 cm³/mol. The van der Waals surface area contributed by atoms with Gasteiger partial charge in [0.05, 0.1) is 23.8 Å². The molecule has 1 amide bonds. The number of hydrogen-bond donors (Lipinski definition) is 2. The molecule has 5 nitrogen and oxygen atoms in total. The van der Waals surface area contributed by atoms with Crippen molar-refractivity contribution in [3.05, 3.63) is 28.2 Å². The predicted octanol–water partition coefficient (Wildman–Crippen LogP) is 2.73. The molecule has 110 valence electrons. The van der Waals surface area contributed by atoms with Crippen molar-refractivity contribution in [2.75, 3.05) is 18.4 Å². The van der Waals surface area contributed by atoms with Crippen molar-refractivity contribution in [1.82, 2.24) is 4.90 Å². The van der Waals surface area contributed by atoms with Gasteiger partial charge < -0.3 is 10.4 Å². The summed E-state index contributed by atoms with van der Waals surface area (Å²) in [5, 5.41) is 12.3. The fourth-order valence-electron chi connectivity index (χ4n) is 1.56. The maximum absolute atomic E-state index is 11.9. The number of carbonyl (C=O) groups is 2. The maximum Gasteiger partial charge on any atom is 0.317 e. The summed E-state index contributed by atoms with van der Waals surface area (Å²) >= 11 is 11.8. The number of nitrogens with one attached hydrogen (secondary N) is 1. The average molecular weight is 319 g/mol. The van der Waals surface area contributed by atoms with Gasteiger partial charge in [-0.05, 0) is 32.0 Å². The Morgan fingerprint density at radius 2 is 1.95 bits per heavy atom. The molecule has 0 saturated heterocycles. The van der Waals surface area contributed by atoms with E-state index in [1.165, 1.54) is 4.90 Å². The minimum Gasteiger partial charge on any atom is -0.480 e. The van der Waals surface area contributed by atoms with Crippen LogP contribution in [0, 0.1) is 0 Å². The van der Waals surface area contributed by atoms with Gasteiger partial charge in [0.25, 0.3) is 0 Å². The normalized spacial score (nSPS) is 10.9. The molecule has 0 bridgehead atoms. The van der Waals surface area contributed by atoms with E-state index in [0.29, 0.717) is 15.7 Å². The Morgan fingerprint density at radius 1 is 1.30 bits per heavy atom. The van der Waals surface area contributed by atoms with Crippen molar-refractivity contribution >= 4 is 40.8 Å². The highest BCUT2D eigenvalue weighted by molar-refractivity contribution is 6.35. The minimum absolute atomic E-state index is 0.0349. The Labute approximate surface area is 127 Å². The van der Waals surface area contributed by atoms with Crippen LogP contribution < -0.4 is 5.32 Å². The molecule has 1 rings (SSSR count). The lowest BCUT2D eigenvalue weighted by atomic mass is 10.3. The van der Waals surface area contributed by atoms with Gasteiger partial charge in [-0.2, -0.15) is 0 Å². The number of amides is 1. The zero-order valence-electron chi connectivity index (χ0n) is 11.2. The number of benzene rings is 1. The highest BCUT2D eigenvalue weighted by Crippen LogP contribution is 2.25. The van der Waals surface area contributed by atoms with E-state index >= 15 is 0 Å². The van der Waals surface area contributed by atoms with Crippen LogP contribution in [0.5, 0.6) is 0 Å². The fraction of sp³-hybridized carbons (Fsp3) is 0.385. The molecule has 0 aliphatic carbocycles. The summed E-state index contributed by atoms with van der Waals surface area (Å²) in [4.78, 5) is 24.2. The van der Waals surface area contributed by atoms with Crippen molar-refractivity contribution in [2.45, 2.75) is 19.9 Å². The van der Waals surface area contributed by atoms with Crippen molar-refractivity contribution in [1.29, 1.82) is 0 Å². The SMILES string of the molecule is CC(C)N(CC(=O)O)CC(=O)Nc1cc(Cl)ccc1Cl. The fourth-order valence-corrected chi connectivity index (χ4v) is 1.90. The smallest absolute Gasteiger partial charge is 0.317 e. The highest BCUT2D eigenvalue weighted by Gasteiger charge is 2.17. The number of anilines is 1. The van der Waals surface area contributed by atoms with E-state index in [9.17, 15) is 9.59 Å². The van der Waals surface area contributed by atoms with E-state index in [1.54, 1.807) is 18.2 Å². The molecular formula is C13H16Cl2N2O3. The van der Waals surface area contributed by atoms with Gasteiger partial charge in [0.15, 0.2) is 0 Å². The van der Waals surface area contributed by atoms with Gasteiger partial charge in [-0.1, -0.05) is 23.2 Å². The van der Waals surface area contributed by atoms with Crippen LogP contribution in [-0.2, 0) is 9.59 Å². The number of hydrogen-bond acceptors (Lipinski definition) is 3. The Balaban J connectivity index is 2.70. The van der Waals surface area contributed by atoms with Crippen LogP contribution in [0.15, 0.2) is 18.2 Å². The molecule has 1 aromatic rings. The van der Waals surface area contributed by atoms with Gasteiger partial charge in [-0.25, -0.2) is 0 Å². The lowest BCUT2D eigenvalue weighted by Crippen LogP contribution is -2.41. The summed E-state index contributed by atoms with van der Waals surface area (Å²) in [6.07, 6.45) is 0. The topological polar surface area (TPSA) is 69.6 Å². The Hall–Kier alpha value is -1.30. The van der Waals surface area contributed by atoms with Crippen LogP contribution in [0.25, 0.3) is 0 Å². The van der Waals surface area contributed by atoms with Crippen LogP contribution in [0.1, 0.15) is 13.8 Å². The number of carboxylic acids is 1. The summed E-state index contributed by atoms with van der Waals surface area (Å²) in [6.45, 7) is 3.41. The molecule has 0 aliphatic heterocycles. The average Bonchev–Trinajstić information content (AvgIpc) is 2.32. The second kappa shape index (κ2) is 7.47. The molecular weight excluding hydrogens is 303 g/mol. The van der Waals surface area contributed by atoms with Gasteiger partial charge >= 0.3 is 5.97 Å². The van der Waals surface area contributed by atoms with Crippen LogP contribution in [0.4, 0.5) is 5.69 Å². The largest absolute Gasteiger partial charge is 0.480 e. The number of aliphatic carboxylic acids is 1. The van der Waals surface area contributed by atoms with E-state index in [4.69, 9.17) is 28.3 Å². The van der Waals surface area contributed by atoms with E-state index < -0.39 is 5.97 Å². The van der Waals surface area contributed by atoms with Crippen LogP contribution in [0.2, 0.25) is 10.0 Å². The van der Waals surface area contributed by atoms with Crippen molar-refractivity contribution in [3.8, 4) is 0 Å². The van der Waals surface area contributed by atoms with Crippen molar-refractivity contribution in [2.24, 2.45) is 0 Å². The summed E-state index contributed by atoms with van der Waals surface area (Å²) in [7, 11) is 0. The van der Waals surface area contributed by atoms with Crippen LogP contribution in [0.3, 0.4) is 0 Å². The molecule has 0 radical (unpaired) electrons. The summed E-state index contributed by atoms with van der Waals surface area (Å²) < 4.78 is 0. The first-order valence-corrected chi connectivity index (χ1v) is 6.76. The Bertz CT molecular complexity index is 506. The molecule has 0 aromatic heterocycles. The van der Waals surface area contributed by atoms with Gasteiger partial charge in [0, 0.05) is 11.1 Å². The first-order valence-electron chi connectivity index (χ1n) is 6.00. The van der Waals surface area contributed by atoms with E-state index in [2.05, 4.69) is 5.32 Å². The molecule has 7 heteroatoms. The van der Waals surface area contributed by atoms with Gasteiger partial charge in [-0.3, -0.25) is 14.5 Å². The summed E-state index contributed by atoms with van der Waals surface area (Å²) in [6, 6.07) is 4.67. The lowest BCUT2D eigenvalue weighted by molar-refractivity contribution is -0.139. The third kappa shape index (κ3) is 5.36. The highest BCUT2D eigenvalue weighted by atomic mass is 35.5. The monoisotopic (exact) mass is 318 g/mol. The van der Waals surface area contributed by atoms with Crippen LogP contribution >= 0.6 is 23.2 Å². The summed E-state index contributed by atoms with van der Waals surface area (Å²) in [5.41, 5.74) is 0.406. The first kappa shape index (κ1) is 16.8. The van der Waals surface area contributed by atoms with Gasteiger partial charge in [-0.15, -0.1) is 0 Å². The van der Waals surface area contributed by atoms with E-state index in [1.807, 2.05) is 13.8 Å². The molecule has 0 unspecified atom stereocenters. The third-order valence-corrected chi connectivity index (χ3v) is 3.18. The van der Waals surface area contributed by atoms with Gasteiger partial charge in [0.2, 0.25) is 5.91 Å². The third-order valence-electron chi connectivity index (χ3n) is 2.62. The van der Waals surface area contributed by atoms with E-state index in [-0.39, 0.29) is 25.0 Å².